The summed E-state index contributed by atoms with van der Waals surface area (Å²) in [5.74, 6) is 0.319. The summed E-state index contributed by atoms with van der Waals surface area (Å²) in [7, 11) is 1.54. The number of amides is 3. The average molecular weight is 222 g/mol. The summed E-state index contributed by atoms with van der Waals surface area (Å²) in [5, 5.41) is 4.72. The van der Waals surface area contributed by atoms with Gasteiger partial charge < -0.3 is 10.1 Å². The zero-order valence-corrected chi connectivity index (χ0v) is 9.24. The van der Waals surface area contributed by atoms with Gasteiger partial charge in [0.25, 0.3) is 0 Å². The van der Waals surface area contributed by atoms with Gasteiger partial charge in [-0.05, 0) is 12.1 Å². The van der Waals surface area contributed by atoms with E-state index in [0.29, 0.717) is 11.4 Å². The molecule has 0 unspecified atom stereocenters. The van der Waals surface area contributed by atoms with Gasteiger partial charge in [0.05, 0.1) is 7.11 Å². The lowest BCUT2D eigenvalue weighted by Gasteiger charge is -2.07. The highest BCUT2D eigenvalue weighted by molar-refractivity contribution is 6.01. The fourth-order valence-electron chi connectivity index (χ4n) is 1.08. The third-order valence-electron chi connectivity index (χ3n) is 1.90. The molecule has 86 valence electrons. The molecule has 3 amide bonds. The Kier molecular flexibility index (Phi) is 4.32. The number of imide groups is 1. The van der Waals surface area contributed by atoms with Crippen molar-refractivity contribution in [2.75, 3.05) is 12.4 Å². The molecule has 0 saturated heterocycles. The second kappa shape index (κ2) is 5.75. The van der Waals surface area contributed by atoms with Crippen LogP contribution in [0.4, 0.5) is 10.5 Å². The number of rotatable bonds is 3. The molecule has 1 aromatic rings. The number of ether oxygens (including phenoxy) is 1. The first-order chi connectivity index (χ1) is 7.65. The van der Waals surface area contributed by atoms with Crippen LogP contribution < -0.4 is 15.4 Å². The first-order valence-electron chi connectivity index (χ1n) is 4.90. The smallest absolute Gasteiger partial charge is 0.325 e. The summed E-state index contributed by atoms with van der Waals surface area (Å²) in [5.41, 5.74) is 0.570. The number of hydrogen-bond donors (Lipinski definition) is 2. The maximum atomic E-state index is 11.3. The molecule has 5 nitrogen and oxygen atoms in total. The van der Waals surface area contributed by atoms with E-state index < -0.39 is 6.03 Å². The predicted octanol–water partition coefficient (Wildman–Crippen LogP) is 1.75. The van der Waals surface area contributed by atoms with Gasteiger partial charge in [0.15, 0.2) is 0 Å². The van der Waals surface area contributed by atoms with E-state index in [4.69, 9.17) is 4.74 Å². The summed E-state index contributed by atoms with van der Waals surface area (Å²) < 4.78 is 5.00. The Labute approximate surface area is 93.8 Å². The highest BCUT2D eigenvalue weighted by Crippen LogP contribution is 2.16. The van der Waals surface area contributed by atoms with Gasteiger partial charge >= 0.3 is 6.03 Å². The molecule has 16 heavy (non-hydrogen) atoms. The molecular formula is C11H14N2O3. The van der Waals surface area contributed by atoms with Gasteiger partial charge in [-0.25, -0.2) is 4.79 Å². The van der Waals surface area contributed by atoms with Crippen molar-refractivity contribution in [1.29, 1.82) is 0 Å². The van der Waals surface area contributed by atoms with E-state index in [0.717, 1.165) is 0 Å². The first kappa shape index (κ1) is 12.0. The quantitative estimate of drug-likeness (QED) is 0.818. The number of hydrogen-bond acceptors (Lipinski definition) is 3. The van der Waals surface area contributed by atoms with Gasteiger partial charge in [-0.15, -0.1) is 0 Å². The zero-order valence-electron chi connectivity index (χ0n) is 9.24. The van der Waals surface area contributed by atoms with Gasteiger partial charge in [0, 0.05) is 18.2 Å². The van der Waals surface area contributed by atoms with Crippen molar-refractivity contribution in [2.24, 2.45) is 0 Å². The molecule has 0 aromatic heterocycles. The number of urea groups is 1. The van der Waals surface area contributed by atoms with Crippen LogP contribution in [0.1, 0.15) is 13.3 Å². The van der Waals surface area contributed by atoms with E-state index in [1.807, 2.05) is 0 Å². The summed E-state index contributed by atoms with van der Waals surface area (Å²) >= 11 is 0. The minimum absolute atomic E-state index is 0.269. The lowest BCUT2D eigenvalue weighted by molar-refractivity contribution is -0.119. The summed E-state index contributed by atoms with van der Waals surface area (Å²) in [6.45, 7) is 1.67. The van der Waals surface area contributed by atoms with E-state index >= 15 is 0 Å². The SMILES string of the molecule is CCC(=O)NC(=O)Nc1cccc(OC)c1. The number of anilines is 1. The first-order valence-corrected chi connectivity index (χ1v) is 4.90. The molecule has 0 aliphatic carbocycles. The monoisotopic (exact) mass is 222 g/mol. The Hall–Kier alpha value is -2.04. The third-order valence-corrected chi connectivity index (χ3v) is 1.90. The van der Waals surface area contributed by atoms with Crippen LogP contribution in [0.25, 0.3) is 0 Å². The molecule has 0 atom stereocenters. The topological polar surface area (TPSA) is 67.4 Å². The van der Waals surface area contributed by atoms with Crippen molar-refractivity contribution in [2.45, 2.75) is 13.3 Å². The lowest BCUT2D eigenvalue weighted by atomic mass is 10.3. The molecule has 0 saturated carbocycles. The normalized spacial score (nSPS) is 9.38. The highest BCUT2D eigenvalue weighted by atomic mass is 16.5. The van der Waals surface area contributed by atoms with Gasteiger partial charge in [-0.2, -0.15) is 0 Å². The van der Waals surface area contributed by atoms with E-state index in [1.165, 1.54) is 0 Å². The number of methoxy groups -OCH3 is 1. The Morgan fingerprint density at radius 3 is 2.75 bits per heavy atom. The third kappa shape index (κ3) is 3.61. The van der Waals surface area contributed by atoms with Crippen LogP contribution >= 0.6 is 0 Å². The van der Waals surface area contributed by atoms with E-state index in [2.05, 4.69) is 10.6 Å². The maximum Gasteiger partial charge on any atom is 0.325 e. The summed E-state index contributed by atoms with van der Waals surface area (Å²) in [6.07, 6.45) is 0.269. The Morgan fingerprint density at radius 1 is 1.38 bits per heavy atom. The minimum Gasteiger partial charge on any atom is -0.497 e. The average Bonchev–Trinajstić information content (AvgIpc) is 2.28. The number of carbonyl (C=O) groups excluding carboxylic acids is 2. The summed E-state index contributed by atoms with van der Waals surface area (Å²) in [6, 6.07) is 6.34. The Balaban J connectivity index is 2.59. The Bertz CT molecular complexity index is 391. The Morgan fingerprint density at radius 2 is 2.12 bits per heavy atom. The fraction of sp³-hybridized carbons (Fsp3) is 0.273. The van der Waals surface area contributed by atoms with E-state index in [9.17, 15) is 9.59 Å². The van der Waals surface area contributed by atoms with Crippen LogP contribution in [0.5, 0.6) is 5.75 Å². The summed E-state index contributed by atoms with van der Waals surface area (Å²) in [4.78, 5) is 22.2. The van der Waals surface area contributed by atoms with Crippen LogP contribution in [0.15, 0.2) is 24.3 Å². The maximum absolute atomic E-state index is 11.3. The largest absolute Gasteiger partial charge is 0.497 e. The fourth-order valence-corrected chi connectivity index (χ4v) is 1.08. The number of nitrogens with one attached hydrogen (secondary N) is 2. The second-order valence-electron chi connectivity index (χ2n) is 3.09. The predicted molar refractivity (Wildman–Crippen MR) is 60.4 cm³/mol. The van der Waals surface area contributed by atoms with Crippen molar-refractivity contribution >= 4 is 17.6 Å². The van der Waals surface area contributed by atoms with E-state index in [-0.39, 0.29) is 12.3 Å². The highest BCUT2D eigenvalue weighted by Gasteiger charge is 2.05. The van der Waals surface area contributed by atoms with Gasteiger partial charge in [-0.1, -0.05) is 13.0 Å². The molecule has 0 spiro atoms. The molecule has 0 fully saturated rings. The molecule has 0 bridgehead atoms. The standard InChI is InChI=1S/C11H14N2O3/c1-3-10(14)13-11(15)12-8-5-4-6-9(7-8)16-2/h4-7H,3H2,1-2H3,(H2,12,13,14,15). The van der Waals surface area contributed by atoms with Crippen LogP contribution in [0, 0.1) is 0 Å². The molecule has 5 heteroatoms. The van der Waals surface area contributed by atoms with Crippen molar-refractivity contribution < 1.29 is 14.3 Å². The van der Waals surface area contributed by atoms with E-state index in [1.54, 1.807) is 38.3 Å². The lowest BCUT2D eigenvalue weighted by Crippen LogP contribution is -2.33. The minimum atomic E-state index is -0.542. The molecule has 1 aromatic carbocycles. The van der Waals surface area contributed by atoms with Crippen molar-refractivity contribution in [1.82, 2.24) is 5.32 Å². The van der Waals surface area contributed by atoms with Crippen molar-refractivity contribution in [3.8, 4) is 5.75 Å². The molecule has 1 rings (SSSR count). The van der Waals surface area contributed by atoms with Crippen LogP contribution in [-0.2, 0) is 4.79 Å². The molecule has 0 aliphatic rings. The molecule has 0 radical (unpaired) electrons. The van der Waals surface area contributed by atoms with Crippen molar-refractivity contribution in [3.63, 3.8) is 0 Å². The zero-order chi connectivity index (χ0) is 12.0. The molecule has 0 heterocycles. The van der Waals surface area contributed by atoms with Gasteiger partial charge in [0.2, 0.25) is 5.91 Å². The van der Waals surface area contributed by atoms with Crippen LogP contribution in [-0.4, -0.2) is 19.0 Å². The van der Waals surface area contributed by atoms with Gasteiger partial charge in [0.1, 0.15) is 5.75 Å². The molecular weight excluding hydrogens is 208 g/mol. The second-order valence-corrected chi connectivity index (χ2v) is 3.09. The van der Waals surface area contributed by atoms with Gasteiger partial charge in [-0.3, -0.25) is 10.1 Å². The number of carbonyl (C=O) groups is 2. The molecule has 0 aliphatic heterocycles. The number of benzene rings is 1. The van der Waals surface area contributed by atoms with Crippen molar-refractivity contribution in [3.05, 3.63) is 24.3 Å². The van der Waals surface area contributed by atoms with Crippen LogP contribution in [0.2, 0.25) is 0 Å². The van der Waals surface area contributed by atoms with Crippen LogP contribution in [0.3, 0.4) is 0 Å². The molecule has 2 N–H and O–H groups in total.